The van der Waals surface area contributed by atoms with Crippen molar-refractivity contribution in [2.45, 2.75) is 32.1 Å². The van der Waals surface area contributed by atoms with Gasteiger partial charge in [0, 0.05) is 5.02 Å². The Hall–Kier alpha value is -2.20. The van der Waals surface area contributed by atoms with Crippen LogP contribution in [0.2, 0.25) is 5.02 Å². The maximum absolute atomic E-state index is 12.8. The van der Waals surface area contributed by atoms with E-state index in [0.29, 0.717) is 28.9 Å². The van der Waals surface area contributed by atoms with Gasteiger partial charge in [-0.1, -0.05) is 30.9 Å². The van der Waals surface area contributed by atoms with E-state index in [9.17, 15) is 9.90 Å². The van der Waals surface area contributed by atoms with Crippen LogP contribution < -0.4 is 4.90 Å². The van der Waals surface area contributed by atoms with Crippen LogP contribution in [-0.2, 0) is 4.74 Å². The molecule has 4 nitrogen and oxygen atoms in total. The van der Waals surface area contributed by atoms with Crippen LogP contribution in [0.4, 0.5) is 16.2 Å². The highest BCUT2D eigenvalue weighted by Gasteiger charge is 2.22. The molecule has 0 bridgehead atoms. The Labute approximate surface area is 153 Å². The molecule has 25 heavy (non-hydrogen) atoms. The van der Waals surface area contributed by atoms with Gasteiger partial charge in [-0.05, 0) is 67.3 Å². The fraction of sp³-hybridized carbons (Fsp3) is 0.350. The second kappa shape index (κ2) is 8.26. The van der Waals surface area contributed by atoms with Crippen LogP contribution in [0.3, 0.4) is 0 Å². The summed E-state index contributed by atoms with van der Waals surface area (Å²) in [4.78, 5) is 14.3. The van der Waals surface area contributed by atoms with E-state index < -0.39 is 6.09 Å². The normalized spacial score (nSPS) is 14.9. The number of nitrogens with zero attached hydrogens (tertiary/aromatic N) is 1. The first-order valence-corrected chi connectivity index (χ1v) is 9.03. The van der Waals surface area contributed by atoms with Gasteiger partial charge >= 0.3 is 6.09 Å². The lowest BCUT2D eigenvalue weighted by Gasteiger charge is -2.25. The summed E-state index contributed by atoms with van der Waals surface area (Å²) >= 11 is 5.96. The van der Waals surface area contributed by atoms with Crippen molar-refractivity contribution in [1.82, 2.24) is 0 Å². The van der Waals surface area contributed by atoms with E-state index in [2.05, 4.69) is 0 Å². The van der Waals surface area contributed by atoms with Gasteiger partial charge in [0.2, 0.25) is 0 Å². The van der Waals surface area contributed by atoms with E-state index >= 15 is 0 Å². The number of carbonyl (C=O) groups is 1. The summed E-state index contributed by atoms with van der Waals surface area (Å²) in [5, 5.41) is 10.1. The molecule has 2 aromatic carbocycles. The molecular weight excluding hydrogens is 338 g/mol. The Kier molecular flexibility index (Phi) is 5.82. The summed E-state index contributed by atoms with van der Waals surface area (Å²) in [7, 11) is 0. The summed E-state index contributed by atoms with van der Waals surface area (Å²) < 4.78 is 5.60. The van der Waals surface area contributed by atoms with Gasteiger partial charge in [-0.3, -0.25) is 0 Å². The first kappa shape index (κ1) is 17.6. The number of benzene rings is 2. The Morgan fingerprint density at radius 2 is 1.56 bits per heavy atom. The third-order valence-corrected chi connectivity index (χ3v) is 4.79. The predicted octanol–water partition coefficient (Wildman–Crippen LogP) is 5.90. The van der Waals surface area contributed by atoms with Crippen LogP contribution in [0.5, 0.6) is 5.75 Å². The molecule has 1 aliphatic rings. The van der Waals surface area contributed by atoms with Crippen molar-refractivity contribution in [3.05, 3.63) is 53.6 Å². The highest BCUT2D eigenvalue weighted by Crippen LogP contribution is 2.30. The van der Waals surface area contributed by atoms with Crippen LogP contribution in [0.1, 0.15) is 32.1 Å². The summed E-state index contributed by atoms with van der Waals surface area (Å²) in [5.74, 6) is 0.597. The Morgan fingerprint density at radius 3 is 2.16 bits per heavy atom. The van der Waals surface area contributed by atoms with E-state index in [-0.39, 0.29) is 5.75 Å². The van der Waals surface area contributed by atoms with E-state index in [1.807, 2.05) is 0 Å². The second-order valence-electron chi connectivity index (χ2n) is 6.41. The van der Waals surface area contributed by atoms with Gasteiger partial charge in [-0.25, -0.2) is 9.69 Å². The van der Waals surface area contributed by atoms with Gasteiger partial charge in [-0.15, -0.1) is 0 Å². The minimum absolute atomic E-state index is 0.148. The number of phenolic OH excluding ortho intramolecular Hbond substituents is 1. The number of rotatable bonds is 4. The summed E-state index contributed by atoms with van der Waals surface area (Å²) in [6.45, 7) is 0.445. The Bertz CT molecular complexity index is 648. The topological polar surface area (TPSA) is 49.8 Å². The lowest BCUT2D eigenvalue weighted by molar-refractivity contribution is 0.124. The van der Waals surface area contributed by atoms with Crippen LogP contribution in [0.25, 0.3) is 0 Å². The van der Waals surface area contributed by atoms with Crippen LogP contribution in [0, 0.1) is 5.92 Å². The zero-order chi connectivity index (χ0) is 17.6. The van der Waals surface area contributed by atoms with Gasteiger partial charge < -0.3 is 9.84 Å². The van der Waals surface area contributed by atoms with Crippen molar-refractivity contribution in [3.63, 3.8) is 0 Å². The van der Waals surface area contributed by atoms with Crippen LogP contribution in [0.15, 0.2) is 48.5 Å². The predicted molar refractivity (Wildman–Crippen MR) is 99.6 cm³/mol. The molecule has 1 saturated carbocycles. The molecule has 0 aromatic heterocycles. The van der Waals surface area contributed by atoms with E-state index in [1.165, 1.54) is 24.2 Å². The van der Waals surface area contributed by atoms with Gasteiger partial charge in [0.15, 0.2) is 0 Å². The third-order valence-electron chi connectivity index (χ3n) is 4.54. The number of amides is 1. The zero-order valence-corrected chi connectivity index (χ0v) is 14.8. The van der Waals surface area contributed by atoms with Crippen molar-refractivity contribution >= 4 is 29.1 Å². The first-order chi connectivity index (χ1) is 12.1. The van der Waals surface area contributed by atoms with Crippen LogP contribution in [-0.4, -0.2) is 17.8 Å². The van der Waals surface area contributed by atoms with Gasteiger partial charge in [-0.2, -0.15) is 0 Å². The smallest absolute Gasteiger partial charge is 0.418 e. The molecule has 0 heterocycles. The molecule has 0 radical (unpaired) electrons. The highest BCUT2D eigenvalue weighted by atomic mass is 35.5. The molecule has 0 aliphatic heterocycles. The SMILES string of the molecule is O=C(OCC1CCCCC1)N(c1ccc(O)cc1)c1ccc(Cl)cc1. The molecule has 1 amide bonds. The molecule has 1 fully saturated rings. The summed E-state index contributed by atoms with van der Waals surface area (Å²) in [6, 6.07) is 13.5. The molecule has 0 unspecified atom stereocenters. The average Bonchev–Trinajstić information content (AvgIpc) is 2.64. The minimum Gasteiger partial charge on any atom is -0.508 e. The number of aromatic hydroxyl groups is 1. The number of ether oxygens (including phenoxy) is 1. The van der Waals surface area contributed by atoms with Crippen LogP contribution >= 0.6 is 11.6 Å². The molecule has 1 N–H and O–H groups in total. The largest absolute Gasteiger partial charge is 0.508 e. The number of carbonyl (C=O) groups excluding carboxylic acids is 1. The van der Waals surface area contributed by atoms with Crippen molar-refractivity contribution in [2.24, 2.45) is 5.92 Å². The molecular formula is C20H22ClNO3. The fourth-order valence-corrected chi connectivity index (χ4v) is 3.29. The molecule has 0 atom stereocenters. The molecule has 0 spiro atoms. The van der Waals surface area contributed by atoms with Crippen molar-refractivity contribution in [3.8, 4) is 5.75 Å². The van der Waals surface area contributed by atoms with Gasteiger partial charge in [0.25, 0.3) is 0 Å². The number of anilines is 2. The molecule has 132 valence electrons. The van der Waals surface area contributed by atoms with Crippen molar-refractivity contribution in [2.75, 3.05) is 11.5 Å². The minimum atomic E-state index is -0.418. The third kappa shape index (κ3) is 4.67. The average molecular weight is 360 g/mol. The fourth-order valence-electron chi connectivity index (χ4n) is 3.16. The van der Waals surface area contributed by atoms with Gasteiger partial charge in [0.1, 0.15) is 5.75 Å². The molecule has 1 aliphatic carbocycles. The first-order valence-electron chi connectivity index (χ1n) is 8.65. The quantitative estimate of drug-likeness (QED) is 0.739. The Balaban J connectivity index is 1.78. The molecule has 5 heteroatoms. The maximum atomic E-state index is 12.8. The monoisotopic (exact) mass is 359 g/mol. The molecule has 0 saturated heterocycles. The summed E-state index contributed by atoms with van der Waals surface area (Å²) in [5.41, 5.74) is 1.30. The number of halogens is 1. The Morgan fingerprint density at radius 1 is 1.00 bits per heavy atom. The molecule has 2 aromatic rings. The number of phenols is 1. The van der Waals surface area contributed by atoms with E-state index in [4.69, 9.17) is 16.3 Å². The van der Waals surface area contributed by atoms with Crippen molar-refractivity contribution < 1.29 is 14.6 Å². The zero-order valence-electron chi connectivity index (χ0n) is 14.0. The number of hydrogen-bond donors (Lipinski definition) is 1. The van der Waals surface area contributed by atoms with Crippen molar-refractivity contribution in [1.29, 1.82) is 0 Å². The molecule has 3 rings (SSSR count). The summed E-state index contributed by atoms with van der Waals surface area (Å²) in [6.07, 6.45) is 5.51. The second-order valence-corrected chi connectivity index (χ2v) is 6.85. The number of hydrogen-bond acceptors (Lipinski definition) is 3. The lowest BCUT2D eigenvalue weighted by Crippen LogP contribution is -2.29. The maximum Gasteiger partial charge on any atom is 0.418 e. The van der Waals surface area contributed by atoms with E-state index in [0.717, 1.165) is 12.8 Å². The van der Waals surface area contributed by atoms with Gasteiger partial charge in [0.05, 0.1) is 18.0 Å². The lowest BCUT2D eigenvalue weighted by atomic mass is 9.90. The highest BCUT2D eigenvalue weighted by molar-refractivity contribution is 6.30. The standard InChI is InChI=1S/C20H22ClNO3/c21-16-6-8-17(9-7-16)22(18-10-12-19(23)13-11-18)20(24)25-14-15-4-2-1-3-5-15/h6-13,15,23H,1-5,14H2. The van der Waals surface area contributed by atoms with E-state index in [1.54, 1.807) is 48.5 Å².